The van der Waals surface area contributed by atoms with E-state index in [4.69, 9.17) is 8.92 Å². The van der Waals surface area contributed by atoms with Gasteiger partial charge >= 0.3 is 0 Å². The van der Waals surface area contributed by atoms with Gasteiger partial charge in [-0.3, -0.25) is 4.18 Å². The molecule has 0 saturated carbocycles. The smallest absolute Gasteiger partial charge is 0.264 e. The van der Waals surface area contributed by atoms with E-state index in [2.05, 4.69) is 11.9 Å². The monoisotopic (exact) mass is 263 g/mol. The fourth-order valence-electron chi connectivity index (χ4n) is 2.69. The predicted molar refractivity (Wildman–Crippen MR) is 64.4 cm³/mol. The Bertz CT molecular complexity index is 360. The van der Waals surface area contributed by atoms with Crippen molar-refractivity contribution >= 4 is 10.1 Å². The lowest BCUT2D eigenvalue weighted by Gasteiger charge is -2.45. The molecule has 0 aromatic heterocycles. The van der Waals surface area contributed by atoms with E-state index in [9.17, 15) is 8.42 Å². The molecule has 6 heteroatoms. The van der Waals surface area contributed by atoms with Gasteiger partial charge in [-0.15, -0.1) is 0 Å². The van der Waals surface area contributed by atoms with Crippen LogP contribution in [0.3, 0.4) is 0 Å². The Kier molecular flexibility index (Phi) is 3.77. The molecule has 100 valence electrons. The zero-order chi connectivity index (χ0) is 12.5. The molecular weight excluding hydrogens is 242 g/mol. The van der Waals surface area contributed by atoms with Gasteiger partial charge in [0.1, 0.15) is 0 Å². The second kappa shape index (κ2) is 4.84. The van der Waals surface area contributed by atoms with Gasteiger partial charge in [0.2, 0.25) is 0 Å². The fraction of sp³-hybridized carbons (Fsp3) is 1.00. The third-order valence-electron chi connectivity index (χ3n) is 3.66. The molecule has 0 amide bonds. The zero-order valence-electron chi connectivity index (χ0n) is 10.5. The number of nitrogens with zero attached hydrogens (tertiary/aromatic N) is 1. The first-order chi connectivity index (χ1) is 7.89. The van der Waals surface area contributed by atoms with Crippen molar-refractivity contribution in [2.45, 2.75) is 37.4 Å². The van der Waals surface area contributed by atoms with E-state index in [1.54, 1.807) is 0 Å². The van der Waals surface area contributed by atoms with Crippen LogP contribution >= 0.6 is 0 Å². The van der Waals surface area contributed by atoms with E-state index in [1.165, 1.54) is 0 Å². The maximum Gasteiger partial charge on any atom is 0.264 e. The molecule has 5 nitrogen and oxygen atoms in total. The number of rotatable bonds is 2. The Morgan fingerprint density at radius 2 is 2.00 bits per heavy atom. The Hall–Kier alpha value is -0.170. The van der Waals surface area contributed by atoms with Gasteiger partial charge in [0.25, 0.3) is 10.1 Å². The van der Waals surface area contributed by atoms with E-state index < -0.39 is 10.1 Å². The molecule has 0 N–H and O–H groups in total. The highest BCUT2D eigenvalue weighted by molar-refractivity contribution is 7.86. The van der Waals surface area contributed by atoms with E-state index in [1.807, 2.05) is 0 Å². The van der Waals surface area contributed by atoms with Gasteiger partial charge in [0, 0.05) is 26.1 Å². The van der Waals surface area contributed by atoms with Crippen molar-refractivity contribution in [1.29, 1.82) is 0 Å². The first-order valence-electron chi connectivity index (χ1n) is 6.09. The lowest BCUT2D eigenvalue weighted by Crippen LogP contribution is -2.50. The van der Waals surface area contributed by atoms with Crippen LogP contribution in [0.25, 0.3) is 0 Å². The van der Waals surface area contributed by atoms with Crippen LogP contribution in [-0.2, 0) is 19.0 Å². The second-order valence-corrected chi connectivity index (χ2v) is 6.85. The highest BCUT2D eigenvalue weighted by Crippen LogP contribution is 2.36. The quantitative estimate of drug-likeness (QED) is 0.683. The normalized spacial score (nSPS) is 30.6. The maximum atomic E-state index is 11.2. The second-order valence-electron chi connectivity index (χ2n) is 5.25. The Balaban J connectivity index is 1.97. The lowest BCUT2D eigenvalue weighted by atomic mass is 9.83. The molecule has 1 spiro atoms. The minimum atomic E-state index is -3.36. The fourth-order valence-corrected chi connectivity index (χ4v) is 3.35. The van der Waals surface area contributed by atoms with Gasteiger partial charge in [0.15, 0.2) is 0 Å². The summed E-state index contributed by atoms with van der Waals surface area (Å²) in [6.45, 7) is 2.61. The third kappa shape index (κ3) is 3.64. The molecule has 1 unspecified atom stereocenters. The molecule has 0 aromatic rings. The molecular formula is C11H21NO4S. The maximum absolute atomic E-state index is 11.2. The Labute approximate surface area is 103 Å². The lowest BCUT2D eigenvalue weighted by molar-refractivity contribution is -0.135. The molecule has 1 atom stereocenters. The van der Waals surface area contributed by atoms with E-state index in [-0.39, 0.29) is 11.7 Å². The molecule has 2 saturated heterocycles. The molecule has 0 aliphatic carbocycles. The Morgan fingerprint density at radius 1 is 1.35 bits per heavy atom. The van der Waals surface area contributed by atoms with Crippen LogP contribution in [0.15, 0.2) is 0 Å². The van der Waals surface area contributed by atoms with Crippen LogP contribution in [0.1, 0.15) is 25.7 Å². The topological polar surface area (TPSA) is 55.8 Å². The molecule has 2 aliphatic heterocycles. The van der Waals surface area contributed by atoms with Gasteiger partial charge in [0.05, 0.1) is 18.0 Å². The largest absolute Gasteiger partial charge is 0.375 e. The number of hydrogen-bond acceptors (Lipinski definition) is 5. The highest BCUT2D eigenvalue weighted by atomic mass is 32.2. The van der Waals surface area contributed by atoms with Crippen molar-refractivity contribution in [3.63, 3.8) is 0 Å². The summed E-state index contributed by atoms with van der Waals surface area (Å²) < 4.78 is 33.3. The van der Waals surface area contributed by atoms with Crippen molar-refractivity contribution in [2.75, 3.05) is 33.0 Å². The molecule has 17 heavy (non-hydrogen) atoms. The average molecular weight is 263 g/mol. The summed E-state index contributed by atoms with van der Waals surface area (Å²) in [5.74, 6) is 0. The van der Waals surface area contributed by atoms with Gasteiger partial charge in [-0.25, -0.2) is 0 Å². The number of likely N-dealkylation sites (tertiary alicyclic amines) is 1. The van der Waals surface area contributed by atoms with Crippen molar-refractivity contribution in [3.05, 3.63) is 0 Å². The molecule has 2 rings (SSSR count). The van der Waals surface area contributed by atoms with Crippen LogP contribution in [0.4, 0.5) is 0 Å². The summed E-state index contributed by atoms with van der Waals surface area (Å²) in [4.78, 5) is 2.27. The number of hydrogen-bond donors (Lipinski definition) is 0. The van der Waals surface area contributed by atoms with Crippen molar-refractivity contribution < 1.29 is 17.3 Å². The Morgan fingerprint density at radius 3 is 2.59 bits per heavy atom. The van der Waals surface area contributed by atoms with Gasteiger partial charge in [-0.2, -0.15) is 8.42 Å². The minimum absolute atomic E-state index is 0.153. The van der Waals surface area contributed by atoms with Crippen molar-refractivity contribution in [2.24, 2.45) is 0 Å². The first kappa shape index (κ1) is 13.3. The van der Waals surface area contributed by atoms with Crippen LogP contribution in [0.2, 0.25) is 0 Å². The summed E-state index contributed by atoms with van der Waals surface area (Å²) in [6.07, 6.45) is 4.21. The molecule has 2 fully saturated rings. The molecule has 2 aliphatic rings. The number of ether oxygens (including phenoxy) is 1. The first-order valence-corrected chi connectivity index (χ1v) is 7.91. The average Bonchev–Trinajstić information content (AvgIpc) is 2.21. The predicted octanol–water partition coefficient (Wildman–Crippen LogP) is 0.606. The van der Waals surface area contributed by atoms with Crippen molar-refractivity contribution in [1.82, 2.24) is 4.90 Å². The SMILES string of the molecule is CN1CCC2(CC1)CC(OS(C)(=O)=O)CCO2. The summed E-state index contributed by atoms with van der Waals surface area (Å²) >= 11 is 0. The van der Waals surface area contributed by atoms with Crippen LogP contribution < -0.4 is 0 Å². The highest BCUT2D eigenvalue weighted by Gasteiger charge is 2.40. The number of piperidine rings is 1. The van der Waals surface area contributed by atoms with E-state index in [0.717, 1.165) is 32.2 Å². The molecule has 0 bridgehead atoms. The van der Waals surface area contributed by atoms with Crippen molar-refractivity contribution in [3.8, 4) is 0 Å². The molecule has 0 radical (unpaired) electrons. The summed E-state index contributed by atoms with van der Waals surface area (Å²) in [5, 5.41) is 0. The molecule has 0 aromatic carbocycles. The van der Waals surface area contributed by atoms with Gasteiger partial charge in [-0.05, 0) is 26.3 Å². The van der Waals surface area contributed by atoms with E-state index in [0.29, 0.717) is 19.4 Å². The van der Waals surface area contributed by atoms with Gasteiger partial charge < -0.3 is 9.64 Å². The summed E-state index contributed by atoms with van der Waals surface area (Å²) in [7, 11) is -1.26. The zero-order valence-corrected chi connectivity index (χ0v) is 11.3. The van der Waals surface area contributed by atoms with E-state index >= 15 is 0 Å². The van der Waals surface area contributed by atoms with Gasteiger partial charge in [-0.1, -0.05) is 0 Å². The summed E-state index contributed by atoms with van der Waals surface area (Å²) in [6, 6.07) is 0. The third-order valence-corrected chi connectivity index (χ3v) is 4.28. The standard InChI is InChI=1S/C11H21NO4S/c1-12-6-4-11(5-7-12)9-10(3-8-15-11)16-17(2,13)14/h10H,3-9H2,1-2H3. The van der Waals surface area contributed by atoms with Crippen LogP contribution in [0, 0.1) is 0 Å². The summed E-state index contributed by atoms with van der Waals surface area (Å²) in [5.41, 5.74) is -0.153. The van der Waals surface area contributed by atoms with Crippen LogP contribution in [0.5, 0.6) is 0 Å². The minimum Gasteiger partial charge on any atom is -0.375 e. The van der Waals surface area contributed by atoms with Crippen LogP contribution in [-0.4, -0.2) is 58.0 Å². The molecule has 2 heterocycles.